The minimum Gasteiger partial charge on any atom is -0.366 e. The minimum absolute atomic E-state index is 0.121. The molecule has 0 spiro atoms. The van der Waals surface area contributed by atoms with Gasteiger partial charge in [-0.2, -0.15) is 0 Å². The number of nitrogens with two attached hydrogens (primary N) is 1. The average Bonchev–Trinajstić information content (AvgIpc) is 3.30. The molecule has 33 heavy (non-hydrogen) atoms. The van der Waals surface area contributed by atoms with Crippen molar-refractivity contribution in [1.82, 2.24) is 14.7 Å². The molecule has 3 aliphatic rings. The normalized spacial score (nSPS) is 21.8. The molecule has 2 unspecified atom stereocenters. The highest BCUT2D eigenvalue weighted by Crippen LogP contribution is 2.37. The molecule has 5 rings (SSSR count). The molecule has 0 saturated carbocycles. The van der Waals surface area contributed by atoms with Gasteiger partial charge in [-0.15, -0.1) is 0 Å². The Morgan fingerprint density at radius 2 is 1.88 bits per heavy atom. The van der Waals surface area contributed by atoms with Crippen LogP contribution >= 0.6 is 11.6 Å². The highest BCUT2D eigenvalue weighted by Gasteiger charge is 2.54. The molecular weight excluding hydrogens is 444 g/mol. The Labute approximate surface area is 195 Å². The zero-order chi connectivity index (χ0) is 23.4. The first kappa shape index (κ1) is 21.0. The summed E-state index contributed by atoms with van der Waals surface area (Å²) in [4.78, 5) is 49.1. The molecule has 0 bridgehead atoms. The van der Waals surface area contributed by atoms with Crippen molar-refractivity contribution in [2.24, 2.45) is 10.7 Å². The van der Waals surface area contributed by atoms with E-state index in [1.807, 2.05) is 24.1 Å². The van der Waals surface area contributed by atoms with Crippen molar-refractivity contribution in [2.75, 3.05) is 11.9 Å². The number of hydrogen-bond acceptors (Lipinski definition) is 6. The zero-order valence-corrected chi connectivity index (χ0v) is 18.7. The van der Waals surface area contributed by atoms with Gasteiger partial charge in [-0.3, -0.25) is 19.4 Å². The summed E-state index contributed by atoms with van der Waals surface area (Å²) in [6.07, 6.45) is 1.21. The Morgan fingerprint density at radius 1 is 1.15 bits per heavy atom. The van der Waals surface area contributed by atoms with E-state index in [-0.39, 0.29) is 12.5 Å². The zero-order valence-electron chi connectivity index (χ0n) is 18.0. The van der Waals surface area contributed by atoms with Crippen molar-refractivity contribution in [3.05, 3.63) is 76.6 Å². The summed E-state index contributed by atoms with van der Waals surface area (Å²) in [5, 5.41) is 0.540. The molecule has 3 aliphatic heterocycles. The number of amides is 4. The van der Waals surface area contributed by atoms with Crippen LogP contribution in [-0.4, -0.2) is 57.8 Å². The summed E-state index contributed by atoms with van der Waals surface area (Å²) in [5.74, 6) is -0.282. The van der Waals surface area contributed by atoms with Gasteiger partial charge in [0, 0.05) is 35.2 Å². The molecular formula is C23H21ClN6O3. The number of carbonyl (C=O) groups is 3. The highest BCUT2D eigenvalue weighted by molar-refractivity contribution is 6.30. The van der Waals surface area contributed by atoms with E-state index in [1.54, 1.807) is 54.4 Å². The minimum atomic E-state index is -0.674. The second-order valence-corrected chi connectivity index (χ2v) is 8.60. The maximum Gasteiger partial charge on any atom is 0.328 e. The molecule has 2 aromatic rings. The molecule has 2 aromatic carbocycles. The van der Waals surface area contributed by atoms with Crippen molar-refractivity contribution >= 4 is 41.1 Å². The number of hydrogen-bond donors (Lipinski definition) is 1. The van der Waals surface area contributed by atoms with Gasteiger partial charge in [0.05, 0.1) is 6.54 Å². The fraction of sp³-hybridized carbons (Fsp3) is 0.217. The van der Waals surface area contributed by atoms with Gasteiger partial charge in [0.1, 0.15) is 0 Å². The third kappa shape index (κ3) is 3.32. The van der Waals surface area contributed by atoms with E-state index in [9.17, 15) is 14.4 Å². The van der Waals surface area contributed by atoms with Gasteiger partial charge in [0.2, 0.25) is 11.9 Å². The van der Waals surface area contributed by atoms with Gasteiger partial charge in [-0.1, -0.05) is 23.7 Å². The molecule has 9 nitrogen and oxygen atoms in total. The molecule has 168 valence electrons. The molecule has 2 atom stereocenters. The summed E-state index contributed by atoms with van der Waals surface area (Å²) in [7, 11) is 1.65. The summed E-state index contributed by atoms with van der Waals surface area (Å²) in [6, 6.07) is 12.8. The van der Waals surface area contributed by atoms with Crippen molar-refractivity contribution in [3.63, 3.8) is 0 Å². The van der Waals surface area contributed by atoms with Crippen LogP contribution in [0.1, 0.15) is 22.8 Å². The third-order valence-corrected chi connectivity index (χ3v) is 6.26. The molecule has 0 radical (unpaired) electrons. The first-order valence-corrected chi connectivity index (χ1v) is 10.7. The lowest BCUT2D eigenvalue weighted by molar-refractivity contribution is -0.137. The third-order valence-electron chi connectivity index (χ3n) is 6.03. The van der Waals surface area contributed by atoms with Crippen molar-refractivity contribution in [2.45, 2.75) is 25.7 Å². The van der Waals surface area contributed by atoms with Crippen LogP contribution in [0.2, 0.25) is 5.02 Å². The average molecular weight is 465 g/mol. The predicted molar refractivity (Wildman–Crippen MR) is 123 cm³/mol. The van der Waals surface area contributed by atoms with Crippen LogP contribution in [0.3, 0.4) is 0 Å². The largest absolute Gasteiger partial charge is 0.366 e. The highest BCUT2D eigenvalue weighted by atomic mass is 35.5. The number of urea groups is 1. The van der Waals surface area contributed by atoms with Crippen LogP contribution in [-0.2, 0) is 11.3 Å². The van der Waals surface area contributed by atoms with Gasteiger partial charge in [-0.05, 0) is 48.9 Å². The van der Waals surface area contributed by atoms with Crippen molar-refractivity contribution in [1.29, 1.82) is 0 Å². The second-order valence-electron chi connectivity index (χ2n) is 8.16. The van der Waals surface area contributed by atoms with Crippen LogP contribution in [0, 0.1) is 0 Å². The first-order chi connectivity index (χ1) is 15.8. The summed E-state index contributed by atoms with van der Waals surface area (Å²) < 4.78 is 0. The second kappa shape index (κ2) is 7.63. The number of allylic oxidation sites excluding steroid dienone is 1. The van der Waals surface area contributed by atoms with E-state index < -0.39 is 24.1 Å². The Bertz CT molecular complexity index is 1240. The molecule has 4 amide bonds. The number of nitrogens with zero attached hydrogens (tertiary/aromatic N) is 5. The number of anilines is 1. The molecule has 1 fully saturated rings. The number of aliphatic imine (C=N–C) groups is 1. The van der Waals surface area contributed by atoms with E-state index in [2.05, 4.69) is 0 Å². The smallest absolute Gasteiger partial charge is 0.328 e. The quantitative estimate of drug-likeness (QED) is 0.749. The number of benzene rings is 2. The van der Waals surface area contributed by atoms with Gasteiger partial charge in [0.25, 0.3) is 5.91 Å². The van der Waals surface area contributed by atoms with Crippen LogP contribution in [0.15, 0.2) is 65.4 Å². The summed E-state index contributed by atoms with van der Waals surface area (Å²) in [6.45, 7) is 2.03. The number of guanidine groups is 1. The lowest BCUT2D eigenvalue weighted by Gasteiger charge is -2.40. The van der Waals surface area contributed by atoms with Gasteiger partial charge < -0.3 is 15.5 Å². The summed E-state index contributed by atoms with van der Waals surface area (Å²) >= 11 is 6.08. The van der Waals surface area contributed by atoms with E-state index >= 15 is 0 Å². The maximum absolute atomic E-state index is 13.5. The number of imide groups is 1. The topological polar surface area (TPSA) is 103 Å². The maximum atomic E-state index is 13.5. The molecule has 0 aliphatic carbocycles. The fourth-order valence-electron chi connectivity index (χ4n) is 4.41. The molecule has 2 N–H and O–H groups in total. The van der Waals surface area contributed by atoms with Crippen LogP contribution in [0.4, 0.5) is 10.5 Å². The van der Waals surface area contributed by atoms with E-state index in [0.29, 0.717) is 16.5 Å². The molecule has 10 heteroatoms. The van der Waals surface area contributed by atoms with Crippen molar-refractivity contribution < 1.29 is 14.4 Å². The van der Waals surface area contributed by atoms with Crippen molar-refractivity contribution in [3.8, 4) is 0 Å². The molecule has 0 aromatic heterocycles. The predicted octanol–water partition coefficient (Wildman–Crippen LogP) is 2.58. The number of rotatable bonds is 4. The van der Waals surface area contributed by atoms with E-state index in [0.717, 1.165) is 16.9 Å². The van der Waals surface area contributed by atoms with E-state index in [1.165, 1.54) is 9.80 Å². The monoisotopic (exact) mass is 464 g/mol. The lowest BCUT2D eigenvalue weighted by Crippen LogP contribution is -2.63. The standard InChI is InChI=1S/C23H21ClN6O3/c1-13-11-28-18-20(26-22(28)30(13)17-8-6-15(7-9-17)19(25)31)27(2)23(33)29(21(18)32)12-14-4-3-5-16(24)10-14/h3-11,18,20H,12H2,1-2H3,(H2,25,31). The number of halogens is 1. The number of carbonyl (C=O) groups excluding carboxylic acids is 3. The molecule has 1 saturated heterocycles. The number of fused-ring (bicyclic) bond motifs is 3. The Hall–Kier alpha value is -3.85. The van der Waals surface area contributed by atoms with Gasteiger partial charge >= 0.3 is 6.03 Å². The van der Waals surface area contributed by atoms with Crippen LogP contribution in [0.5, 0.6) is 0 Å². The first-order valence-electron chi connectivity index (χ1n) is 10.3. The van der Waals surface area contributed by atoms with Crippen LogP contribution in [0.25, 0.3) is 0 Å². The van der Waals surface area contributed by atoms with E-state index in [4.69, 9.17) is 22.3 Å². The lowest BCUT2D eigenvalue weighted by atomic mass is 10.1. The van der Waals surface area contributed by atoms with Gasteiger partial charge in [-0.25, -0.2) is 9.79 Å². The fourth-order valence-corrected chi connectivity index (χ4v) is 4.62. The van der Waals surface area contributed by atoms with Gasteiger partial charge in [0.15, 0.2) is 12.2 Å². The Kier molecular flexibility index (Phi) is 4.86. The van der Waals surface area contributed by atoms with Crippen LogP contribution < -0.4 is 10.6 Å². The number of likely N-dealkylation sites (N-methyl/N-ethyl adjacent to an activating group) is 1. The SMILES string of the molecule is CC1=CN2C(=NC3C2C(=O)N(Cc2cccc(Cl)c2)C(=O)N3C)N1c1ccc(C(N)=O)cc1. The Morgan fingerprint density at radius 3 is 2.55 bits per heavy atom. The summed E-state index contributed by atoms with van der Waals surface area (Å²) in [5.41, 5.74) is 8.13. The Balaban J connectivity index is 1.46. The number of primary amides is 1. The molecule has 3 heterocycles.